The zero-order chi connectivity index (χ0) is 29.8. The molecular weight excluding hydrogens is 558 g/mol. The molecule has 0 unspecified atom stereocenters. The van der Waals surface area contributed by atoms with Gasteiger partial charge in [-0.25, -0.2) is 23.5 Å². The van der Waals surface area contributed by atoms with E-state index in [2.05, 4.69) is 4.98 Å². The Morgan fingerprint density at radius 2 is 1.93 bits per heavy atom. The number of nitrogens with zero attached hydrogens (tertiary/aromatic N) is 4. The third-order valence-corrected chi connectivity index (χ3v) is 7.25. The Morgan fingerprint density at radius 3 is 2.74 bits per heavy atom. The Hall–Kier alpha value is -4.77. The minimum Gasteiger partial charge on any atom is -0.491 e. The summed E-state index contributed by atoms with van der Waals surface area (Å²) in [5.74, 6) is 0.271. The van der Waals surface area contributed by atoms with Gasteiger partial charge in [0.25, 0.3) is 0 Å². The monoisotopic (exact) mass is 588 g/mol. The molecule has 0 saturated carbocycles. The average Bonchev–Trinajstić information content (AvgIpc) is 3.44. The number of halogens is 2. The lowest BCUT2D eigenvalue weighted by atomic mass is 10.1. The van der Waals surface area contributed by atoms with Crippen LogP contribution in [0.5, 0.6) is 11.5 Å². The van der Waals surface area contributed by atoms with E-state index in [1.165, 1.54) is 17.0 Å². The number of pyridine rings is 2. The number of ether oxygens (including phenoxy) is 4. The van der Waals surface area contributed by atoms with E-state index in [1.54, 1.807) is 25.4 Å². The summed E-state index contributed by atoms with van der Waals surface area (Å²) >= 11 is 0. The molecule has 9 nitrogen and oxygen atoms in total. The first-order chi connectivity index (χ1) is 21.0. The summed E-state index contributed by atoms with van der Waals surface area (Å²) in [6.07, 6.45) is 0.756. The summed E-state index contributed by atoms with van der Waals surface area (Å²) in [6, 6.07) is 19.0. The summed E-state index contributed by atoms with van der Waals surface area (Å²) in [5.41, 5.74) is 3.19. The van der Waals surface area contributed by atoms with Crippen LogP contribution in [0, 0.1) is 5.82 Å². The van der Waals surface area contributed by atoms with E-state index in [0.717, 1.165) is 5.56 Å². The van der Waals surface area contributed by atoms with Crippen LogP contribution in [0.4, 0.5) is 13.6 Å². The van der Waals surface area contributed by atoms with E-state index >= 15 is 4.39 Å². The number of alkyl halides is 1. The number of rotatable bonds is 9. The molecule has 6 rings (SSSR count). The minimum absolute atomic E-state index is 0.103. The fourth-order valence-electron chi connectivity index (χ4n) is 5.04. The van der Waals surface area contributed by atoms with Crippen molar-refractivity contribution in [1.29, 1.82) is 0 Å². The fourth-order valence-corrected chi connectivity index (χ4v) is 5.04. The summed E-state index contributed by atoms with van der Waals surface area (Å²) in [6.45, 7) is 1.04. The molecule has 1 saturated heterocycles. The lowest BCUT2D eigenvalue weighted by molar-refractivity contribution is 0.0152. The van der Waals surface area contributed by atoms with Gasteiger partial charge in [-0.2, -0.15) is 0 Å². The number of hydrogen-bond donors (Lipinski definition) is 0. The second-order valence-corrected chi connectivity index (χ2v) is 10.2. The zero-order valence-electron chi connectivity index (χ0n) is 23.5. The van der Waals surface area contributed by atoms with E-state index in [9.17, 15) is 9.18 Å². The van der Waals surface area contributed by atoms with Crippen LogP contribution in [0.25, 0.3) is 27.9 Å². The van der Waals surface area contributed by atoms with E-state index in [0.29, 0.717) is 46.9 Å². The number of piperidine rings is 1. The normalized spacial score (nSPS) is 16.9. The Bertz CT molecular complexity index is 1730. The van der Waals surface area contributed by atoms with Gasteiger partial charge in [-0.05, 0) is 23.8 Å². The number of methoxy groups -OCH3 is 1. The van der Waals surface area contributed by atoms with Gasteiger partial charge in [0, 0.05) is 43.8 Å². The minimum atomic E-state index is -1.50. The topological polar surface area (TPSA) is 87.4 Å². The number of imidazole rings is 1. The van der Waals surface area contributed by atoms with Gasteiger partial charge in [0.15, 0.2) is 6.17 Å². The molecule has 0 N–H and O–H groups in total. The van der Waals surface area contributed by atoms with Crippen LogP contribution in [-0.2, 0) is 16.1 Å². The van der Waals surface area contributed by atoms with Crippen molar-refractivity contribution >= 4 is 22.6 Å². The Morgan fingerprint density at radius 1 is 1.07 bits per heavy atom. The van der Waals surface area contributed by atoms with Crippen molar-refractivity contribution in [1.82, 2.24) is 19.3 Å². The second-order valence-electron chi connectivity index (χ2n) is 10.2. The molecule has 2 aromatic carbocycles. The molecule has 11 heteroatoms. The number of hydrogen-bond acceptors (Lipinski definition) is 7. The van der Waals surface area contributed by atoms with Crippen LogP contribution in [0.3, 0.4) is 0 Å². The maximum absolute atomic E-state index is 15.3. The standard InChI is InChI=1S/C32H30F2N4O5/c1-40-13-14-41-24-9-12-38-27(18-35-30(38)17-24)26-8-7-22-15-23(33)16-29(31(22)36-26)43-28-10-11-37(19-25(28)34)32(39)42-20-21-5-3-2-4-6-21/h2-9,12,15-18,25,28H,10-11,13-14,19-20H2,1H3/t25-,28-/m1/s1. The van der Waals surface area contributed by atoms with Crippen molar-refractivity contribution in [2.45, 2.75) is 25.3 Å². The van der Waals surface area contributed by atoms with Gasteiger partial charge in [0.1, 0.15) is 47.8 Å². The van der Waals surface area contributed by atoms with Gasteiger partial charge in [-0.1, -0.05) is 36.4 Å². The van der Waals surface area contributed by atoms with Crippen molar-refractivity contribution in [2.24, 2.45) is 0 Å². The van der Waals surface area contributed by atoms with Gasteiger partial charge in [-0.3, -0.25) is 4.40 Å². The first kappa shape index (κ1) is 28.4. The molecular formula is C32H30F2N4O5. The van der Waals surface area contributed by atoms with Gasteiger partial charge >= 0.3 is 6.09 Å². The number of carbonyl (C=O) groups is 1. The summed E-state index contributed by atoms with van der Waals surface area (Å²) in [7, 11) is 1.61. The number of benzene rings is 2. The highest BCUT2D eigenvalue weighted by Crippen LogP contribution is 2.32. The molecule has 0 radical (unpaired) electrons. The number of aromatic nitrogens is 3. The number of likely N-dealkylation sites (tertiary alicyclic amines) is 1. The van der Waals surface area contributed by atoms with Crippen LogP contribution in [0.2, 0.25) is 0 Å². The van der Waals surface area contributed by atoms with E-state index in [-0.39, 0.29) is 31.9 Å². The molecule has 1 fully saturated rings. The molecule has 1 aliphatic heterocycles. The highest BCUT2D eigenvalue weighted by Gasteiger charge is 2.34. The Balaban J connectivity index is 1.18. The first-order valence-corrected chi connectivity index (χ1v) is 13.9. The van der Waals surface area contributed by atoms with Gasteiger partial charge in [0.05, 0.1) is 30.7 Å². The molecule has 43 heavy (non-hydrogen) atoms. The third kappa shape index (κ3) is 6.36. The Labute approximate surface area is 246 Å². The molecule has 3 aromatic heterocycles. The highest BCUT2D eigenvalue weighted by molar-refractivity contribution is 5.87. The van der Waals surface area contributed by atoms with Crippen molar-refractivity contribution < 1.29 is 32.5 Å². The van der Waals surface area contributed by atoms with Crippen LogP contribution < -0.4 is 9.47 Å². The van der Waals surface area contributed by atoms with Crippen molar-refractivity contribution in [3.05, 3.63) is 90.5 Å². The molecule has 0 bridgehead atoms. The quantitative estimate of drug-likeness (QED) is 0.200. The molecule has 0 aliphatic carbocycles. The van der Waals surface area contributed by atoms with Crippen molar-refractivity contribution in [3.8, 4) is 22.9 Å². The predicted octanol–water partition coefficient (Wildman–Crippen LogP) is 5.84. The molecule has 1 aliphatic rings. The molecule has 4 heterocycles. The summed E-state index contributed by atoms with van der Waals surface area (Å²) < 4.78 is 53.8. The number of carbonyl (C=O) groups excluding carboxylic acids is 1. The van der Waals surface area contributed by atoms with E-state index < -0.39 is 24.2 Å². The molecule has 2 atom stereocenters. The van der Waals surface area contributed by atoms with Crippen molar-refractivity contribution in [3.63, 3.8) is 0 Å². The van der Waals surface area contributed by atoms with E-state index in [1.807, 2.05) is 53.1 Å². The maximum atomic E-state index is 15.3. The summed E-state index contributed by atoms with van der Waals surface area (Å²) in [4.78, 5) is 23.1. The smallest absolute Gasteiger partial charge is 0.410 e. The molecule has 1 amide bonds. The van der Waals surface area contributed by atoms with Crippen LogP contribution in [0.1, 0.15) is 12.0 Å². The fraction of sp³-hybridized carbons (Fsp3) is 0.281. The van der Waals surface area contributed by atoms with Gasteiger partial charge < -0.3 is 23.8 Å². The Kier molecular flexibility index (Phi) is 8.32. The highest BCUT2D eigenvalue weighted by atomic mass is 19.1. The lowest BCUT2D eigenvalue weighted by Crippen LogP contribution is -2.49. The largest absolute Gasteiger partial charge is 0.491 e. The van der Waals surface area contributed by atoms with Crippen LogP contribution in [-0.4, -0.2) is 71.1 Å². The molecule has 222 valence electrons. The van der Waals surface area contributed by atoms with E-state index in [4.69, 9.17) is 23.9 Å². The maximum Gasteiger partial charge on any atom is 0.410 e. The zero-order valence-corrected chi connectivity index (χ0v) is 23.5. The summed E-state index contributed by atoms with van der Waals surface area (Å²) in [5, 5.41) is 0.513. The van der Waals surface area contributed by atoms with Crippen molar-refractivity contribution in [2.75, 3.05) is 33.4 Å². The van der Waals surface area contributed by atoms with Crippen LogP contribution >= 0.6 is 0 Å². The molecule has 5 aromatic rings. The van der Waals surface area contributed by atoms with Crippen LogP contribution in [0.15, 0.2) is 79.1 Å². The first-order valence-electron chi connectivity index (χ1n) is 13.9. The lowest BCUT2D eigenvalue weighted by Gasteiger charge is -2.34. The predicted molar refractivity (Wildman–Crippen MR) is 155 cm³/mol. The number of amides is 1. The number of fused-ring (bicyclic) bond motifs is 2. The van der Waals surface area contributed by atoms with Gasteiger partial charge in [-0.15, -0.1) is 0 Å². The van der Waals surface area contributed by atoms with Gasteiger partial charge in [0.2, 0.25) is 0 Å². The second kappa shape index (κ2) is 12.6. The SMILES string of the molecule is COCCOc1ccn2c(-c3ccc4cc(F)cc(O[C@@H]5CCN(C(=O)OCc6ccccc6)C[C@H]5F)c4n3)cnc2c1. The molecule has 0 spiro atoms. The average molecular weight is 589 g/mol. The third-order valence-electron chi connectivity index (χ3n) is 7.25.